The van der Waals surface area contributed by atoms with Crippen molar-refractivity contribution in [2.75, 3.05) is 0 Å². The Labute approximate surface area is 294 Å². The molecule has 0 unspecified atom stereocenters. The highest BCUT2D eigenvalue weighted by atomic mass is 16.3. The van der Waals surface area contributed by atoms with Gasteiger partial charge in [0.2, 0.25) is 0 Å². The van der Waals surface area contributed by atoms with E-state index >= 15 is 0 Å². The van der Waals surface area contributed by atoms with Gasteiger partial charge >= 0.3 is 0 Å². The monoisotopic (exact) mass is 646 g/mol. The molecule has 1 heterocycles. The van der Waals surface area contributed by atoms with Gasteiger partial charge in [-0.2, -0.15) is 0 Å². The minimum absolute atomic E-state index is 0.907. The van der Waals surface area contributed by atoms with Gasteiger partial charge in [0, 0.05) is 10.8 Å². The molecule has 0 spiro atoms. The van der Waals surface area contributed by atoms with Gasteiger partial charge in [0.25, 0.3) is 0 Å². The van der Waals surface area contributed by atoms with Crippen molar-refractivity contribution in [2.24, 2.45) is 0 Å². The van der Waals surface area contributed by atoms with Crippen molar-refractivity contribution in [1.82, 2.24) is 0 Å². The summed E-state index contributed by atoms with van der Waals surface area (Å²) < 4.78 is 6.58. The molecule has 0 bridgehead atoms. The minimum Gasteiger partial charge on any atom is -0.456 e. The lowest BCUT2D eigenvalue weighted by Gasteiger charge is -2.21. The van der Waals surface area contributed by atoms with Crippen molar-refractivity contribution in [1.29, 1.82) is 0 Å². The Kier molecular flexibility index (Phi) is 6.02. The molecule has 0 fully saturated rings. The Balaban J connectivity index is 1.31. The lowest BCUT2D eigenvalue weighted by atomic mass is 9.82. The molecule has 0 aliphatic rings. The number of hydrogen-bond donors (Lipinski definition) is 0. The maximum atomic E-state index is 6.58. The Morgan fingerprint density at radius 3 is 1.47 bits per heavy atom. The van der Waals surface area contributed by atoms with Crippen LogP contribution >= 0.6 is 0 Å². The van der Waals surface area contributed by atoms with Gasteiger partial charge in [-0.15, -0.1) is 0 Å². The third-order valence-electron chi connectivity index (χ3n) is 10.8. The van der Waals surface area contributed by atoms with E-state index in [0.717, 1.165) is 16.6 Å². The van der Waals surface area contributed by atoms with Crippen molar-refractivity contribution in [3.05, 3.63) is 182 Å². The van der Waals surface area contributed by atoms with Gasteiger partial charge in [-0.3, -0.25) is 0 Å². The lowest BCUT2D eigenvalue weighted by Crippen LogP contribution is -1.93. The summed E-state index contributed by atoms with van der Waals surface area (Å²) in [6.07, 6.45) is 0. The zero-order chi connectivity index (χ0) is 33.5. The second-order valence-corrected chi connectivity index (χ2v) is 13.5. The number of furan rings is 1. The molecule has 0 atom stereocenters. The van der Waals surface area contributed by atoms with Crippen molar-refractivity contribution in [3.8, 4) is 33.4 Å². The maximum Gasteiger partial charge on any atom is 0.136 e. The quantitative estimate of drug-likeness (QED) is 0.138. The van der Waals surface area contributed by atoms with Gasteiger partial charge < -0.3 is 4.42 Å². The molecular formula is C50H30O. The normalized spacial score (nSPS) is 11.9. The summed E-state index contributed by atoms with van der Waals surface area (Å²) >= 11 is 0. The maximum absolute atomic E-state index is 6.58. The Bertz CT molecular complexity index is 3130. The number of benzene rings is 10. The number of rotatable bonds is 3. The van der Waals surface area contributed by atoms with Crippen LogP contribution in [0.5, 0.6) is 0 Å². The van der Waals surface area contributed by atoms with Crippen LogP contribution in [0, 0.1) is 0 Å². The molecule has 1 nitrogen and oxygen atoms in total. The molecule has 0 aliphatic heterocycles. The molecule has 0 radical (unpaired) electrons. The summed E-state index contributed by atoms with van der Waals surface area (Å²) in [5.41, 5.74) is 9.22. The van der Waals surface area contributed by atoms with Gasteiger partial charge in [0.15, 0.2) is 0 Å². The van der Waals surface area contributed by atoms with Gasteiger partial charge in [0.05, 0.1) is 0 Å². The molecule has 11 rings (SSSR count). The summed E-state index contributed by atoms with van der Waals surface area (Å²) in [4.78, 5) is 0. The molecule has 0 amide bonds. The van der Waals surface area contributed by atoms with E-state index in [1.807, 2.05) is 0 Å². The fourth-order valence-corrected chi connectivity index (χ4v) is 8.72. The van der Waals surface area contributed by atoms with Crippen LogP contribution in [-0.2, 0) is 0 Å². The molecule has 236 valence electrons. The first-order chi connectivity index (χ1) is 25.3. The smallest absolute Gasteiger partial charge is 0.136 e. The standard InChI is InChI=1S/C50H30O/c1-2-14-31(15-3-1)43-30-33-17-5-6-18-34(33)36-24-12-25-41(48(36)43)46-37-20-8-10-22-39(37)47(40-23-11-9-21-38(40)46)42-26-13-27-44-50(42)49-35-19-7-4-16-32(35)28-29-45(49)51-44/h1-30H. The Morgan fingerprint density at radius 2 is 0.784 bits per heavy atom. The van der Waals surface area contributed by atoms with Gasteiger partial charge in [0.1, 0.15) is 11.2 Å². The number of fused-ring (bicyclic) bond motifs is 10. The molecule has 0 aliphatic carbocycles. The van der Waals surface area contributed by atoms with E-state index in [-0.39, 0.29) is 0 Å². The summed E-state index contributed by atoms with van der Waals surface area (Å²) in [7, 11) is 0. The average Bonchev–Trinajstić information content (AvgIpc) is 3.60. The largest absolute Gasteiger partial charge is 0.456 e. The zero-order valence-electron chi connectivity index (χ0n) is 27.7. The fourth-order valence-electron chi connectivity index (χ4n) is 8.72. The van der Waals surface area contributed by atoms with Crippen molar-refractivity contribution in [2.45, 2.75) is 0 Å². The van der Waals surface area contributed by atoms with Crippen LogP contribution in [0.4, 0.5) is 0 Å². The molecule has 0 saturated carbocycles. The first-order valence-corrected chi connectivity index (χ1v) is 17.6. The first kappa shape index (κ1) is 28.2. The Morgan fingerprint density at radius 1 is 0.275 bits per heavy atom. The third-order valence-corrected chi connectivity index (χ3v) is 10.8. The summed E-state index contributed by atoms with van der Waals surface area (Å²) in [5, 5.41) is 14.8. The van der Waals surface area contributed by atoms with E-state index < -0.39 is 0 Å². The van der Waals surface area contributed by atoms with Crippen LogP contribution in [-0.4, -0.2) is 0 Å². The molecule has 0 N–H and O–H groups in total. The second-order valence-electron chi connectivity index (χ2n) is 13.5. The molecule has 51 heavy (non-hydrogen) atoms. The van der Waals surface area contributed by atoms with Crippen LogP contribution in [0.2, 0.25) is 0 Å². The van der Waals surface area contributed by atoms with E-state index in [1.54, 1.807) is 0 Å². The SMILES string of the molecule is c1ccc(-c2cc3ccccc3c3cccc(-c4c5ccccc5c(-c5cccc6oc7ccc8ccccc8c7c56)c5ccccc45)c23)cc1. The van der Waals surface area contributed by atoms with Crippen LogP contribution in [0.3, 0.4) is 0 Å². The van der Waals surface area contributed by atoms with Crippen molar-refractivity contribution < 1.29 is 4.42 Å². The van der Waals surface area contributed by atoms with E-state index in [0.29, 0.717) is 0 Å². The Hall–Kier alpha value is -6.70. The van der Waals surface area contributed by atoms with Crippen molar-refractivity contribution in [3.63, 3.8) is 0 Å². The van der Waals surface area contributed by atoms with Gasteiger partial charge in [-0.1, -0.05) is 164 Å². The summed E-state index contributed by atoms with van der Waals surface area (Å²) in [5.74, 6) is 0. The van der Waals surface area contributed by atoms with Crippen LogP contribution in [0.25, 0.3) is 109 Å². The summed E-state index contributed by atoms with van der Waals surface area (Å²) in [6, 6.07) is 66.3. The molecule has 1 heteroatoms. The van der Waals surface area contributed by atoms with Crippen LogP contribution < -0.4 is 0 Å². The average molecular weight is 647 g/mol. The van der Waals surface area contributed by atoms with Crippen molar-refractivity contribution >= 4 is 75.8 Å². The predicted octanol–water partition coefficient (Wildman–Crippen LogP) is 14.4. The number of hydrogen-bond acceptors (Lipinski definition) is 1. The topological polar surface area (TPSA) is 13.1 Å². The van der Waals surface area contributed by atoms with Crippen LogP contribution in [0.1, 0.15) is 0 Å². The molecular weight excluding hydrogens is 617 g/mol. The van der Waals surface area contributed by atoms with E-state index in [1.165, 1.54) is 92.6 Å². The van der Waals surface area contributed by atoms with E-state index in [4.69, 9.17) is 4.42 Å². The minimum atomic E-state index is 0.907. The summed E-state index contributed by atoms with van der Waals surface area (Å²) in [6.45, 7) is 0. The highest BCUT2D eigenvalue weighted by Gasteiger charge is 2.23. The third kappa shape index (κ3) is 4.09. The van der Waals surface area contributed by atoms with E-state index in [2.05, 4.69) is 182 Å². The molecule has 10 aromatic carbocycles. The van der Waals surface area contributed by atoms with Gasteiger partial charge in [-0.05, 0) is 105 Å². The lowest BCUT2D eigenvalue weighted by molar-refractivity contribution is 0.669. The predicted molar refractivity (Wildman–Crippen MR) is 218 cm³/mol. The molecule has 0 saturated heterocycles. The highest BCUT2D eigenvalue weighted by molar-refractivity contribution is 6.30. The highest BCUT2D eigenvalue weighted by Crippen LogP contribution is 2.50. The van der Waals surface area contributed by atoms with E-state index in [9.17, 15) is 0 Å². The van der Waals surface area contributed by atoms with Gasteiger partial charge in [-0.25, -0.2) is 0 Å². The van der Waals surface area contributed by atoms with Crippen LogP contribution in [0.15, 0.2) is 186 Å². The molecule has 1 aromatic heterocycles. The molecule has 11 aromatic rings. The second kappa shape index (κ2) is 10.9. The zero-order valence-corrected chi connectivity index (χ0v) is 27.7. The first-order valence-electron chi connectivity index (χ1n) is 17.6. The fraction of sp³-hybridized carbons (Fsp3) is 0.